The summed E-state index contributed by atoms with van der Waals surface area (Å²) in [7, 11) is 0. The molecule has 2 rings (SSSR count). The van der Waals surface area contributed by atoms with Gasteiger partial charge < -0.3 is 5.32 Å². The van der Waals surface area contributed by atoms with Crippen LogP contribution in [0.5, 0.6) is 0 Å². The van der Waals surface area contributed by atoms with Gasteiger partial charge in [0.15, 0.2) is 0 Å². The van der Waals surface area contributed by atoms with Crippen molar-refractivity contribution in [3.63, 3.8) is 0 Å². The van der Waals surface area contributed by atoms with Gasteiger partial charge in [-0.25, -0.2) is 4.39 Å². The van der Waals surface area contributed by atoms with Crippen molar-refractivity contribution in [2.45, 2.75) is 57.9 Å². The molecule has 1 atom stereocenters. The molecule has 0 heterocycles. The second kappa shape index (κ2) is 7.99. The Morgan fingerprint density at radius 3 is 2.75 bits per heavy atom. The van der Waals surface area contributed by atoms with Gasteiger partial charge in [0.05, 0.1) is 0 Å². The van der Waals surface area contributed by atoms with Gasteiger partial charge in [0.2, 0.25) is 0 Å². The zero-order chi connectivity index (χ0) is 14.4. The fraction of sp³-hybridized carbons (Fsp3) is 0.647. The molecule has 0 saturated heterocycles. The highest BCUT2D eigenvalue weighted by atomic mass is 35.5. The molecule has 1 N–H and O–H groups in total. The lowest BCUT2D eigenvalue weighted by molar-refractivity contribution is 0.298. The van der Waals surface area contributed by atoms with Gasteiger partial charge in [-0.15, -0.1) is 0 Å². The molecule has 0 aliphatic heterocycles. The minimum absolute atomic E-state index is 0.197. The van der Waals surface area contributed by atoms with Crippen molar-refractivity contribution in [2.24, 2.45) is 5.92 Å². The summed E-state index contributed by atoms with van der Waals surface area (Å²) in [6, 6.07) is 5.07. The quantitative estimate of drug-likeness (QED) is 0.781. The largest absolute Gasteiger partial charge is 0.314 e. The van der Waals surface area contributed by atoms with Gasteiger partial charge in [-0.1, -0.05) is 50.6 Å². The molecule has 0 radical (unpaired) electrons. The van der Waals surface area contributed by atoms with Gasteiger partial charge in [0, 0.05) is 11.1 Å². The van der Waals surface area contributed by atoms with E-state index in [4.69, 9.17) is 11.6 Å². The topological polar surface area (TPSA) is 12.0 Å². The molecular formula is C17H25ClFN. The standard InChI is InChI=1S/C17H25ClFN/c1-2-20-16(10-13-6-4-3-5-7-13)12-14-11-15(19)8-9-17(14)18/h8-9,11,13,16,20H,2-7,10,12H2,1H3. The summed E-state index contributed by atoms with van der Waals surface area (Å²) in [6.07, 6.45) is 8.81. The lowest BCUT2D eigenvalue weighted by Gasteiger charge is -2.27. The number of benzene rings is 1. The molecule has 1 unspecified atom stereocenters. The molecule has 1 nitrogen and oxygen atoms in total. The highest BCUT2D eigenvalue weighted by Gasteiger charge is 2.19. The van der Waals surface area contributed by atoms with Crippen molar-refractivity contribution in [1.82, 2.24) is 5.32 Å². The zero-order valence-electron chi connectivity index (χ0n) is 12.3. The predicted molar refractivity (Wildman–Crippen MR) is 83.8 cm³/mol. The molecule has 0 amide bonds. The summed E-state index contributed by atoms with van der Waals surface area (Å²) < 4.78 is 13.4. The van der Waals surface area contributed by atoms with E-state index in [1.807, 2.05) is 0 Å². The van der Waals surface area contributed by atoms with Crippen LogP contribution >= 0.6 is 11.6 Å². The molecule has 1 aromatic carbocycles. The van der Waals surface area contributed by atoms with Crippen LogP contribution in [0, 0.1) is 11.7 Å². The van der Waals surface area contributed by atoms with E-state index in [0.29, 0.717) is 11.1 Å². The van der Waals surface area contributed by atoms with E-state index in [9.17, 15) is 4.39 Å². The molecule has 0 aromatic heterocycles. The molecule has 20 heavy (non-hydrogen) atoms. The van der Waals surface area contributed by atoms with Crippen molar-refractivity contribution >= 4 is 11.6 Å². The van der Waals surface area contributed by atoms with E-state index < -0.39 is 0 Å². The Morgan fingerprint density at radius 2 is 2.05 bits per heavy atom. The lowest BCUT2D eigenvalue weighted by atomic mass is 9.83. The van der Waals surface area contributed by atoms with Crippen LogP contribution in [-0.4, -0.2) is 12.6 Å². The molecule has 0 spiro atoms. The number of hydrogen-bond donors (Lipinski definition) is 1. The van der Waals surface area contributed by atoms with Crippen LogP contribution in [0.1, 0.15) is 51.0 Å². The van der Waals surface area contributed by atoms with E-state index in [0.717, 1.165) is 24.4 Å². The van der Waals surface area contributed by atoms with Crippen molar-refractivity contribution < 1.29 is 4.39 Å². The van der Waals surface area contributed by atoms with Gasteiger partial charge in [-0.05, 0) is 49.1 Å². The van der Waals surface area contributed by atoms with Crippen LogP contribution in [0.15, 0.2) is 18.2 Å². The maximum atomic E-state index is 13.4. The second-order valence-corrected chi connectivity index (χ2v) is 6.34. The van der Waals surface area contributed by atoms with E-state index >= 15 is 0 Å². The molecule has 112 valence electrons. The zero-order valence-corrected chi connectivity index (χ0v) is 13.1. The molecule has 1 saturated carbocycles. The number of likely N-dealkylation sites (N-methyl/N-ethyl adjacent to an activating group) is 1. The second-order valence-electron chi connectivity index (χ2n) is 5.93. The number of rotatable bonds is 6. The molecule has 1 aliphatic rings. The first kappa shape index (κ1) is 15.8. The van der Waals surface area contributed by atoms with Crippen LogP contribution in [0.3, 0.4) is 0 Å². The summed E-state index contributed by atoms with van der Waals surface area (Å²) in [6.45, 7) is 3.07. The van der Waals surface area contributed by atoms with Crippen molar-refractivity contribution in [1.29, 1.82) is 0 Å². The average molecular weight is 298 g/mol. The van der Waals surface area contributed by atoms with Crippen molar-refractivity contribution in [2.75, 3.05) is 6.54 Å². The number of hydrogen-bond acceptors (Lipinski definition) is 1. The molecular weight excluding hydrogens is 273 g/mol. The molecule has 0 bridgehead atoms. The highest BCUT2D eigenvalue weighted by molar-refractivity contribution is 6.31. The monoisotopic (exact) mass is 297 g/mol. The van der Waals surface area contributed by atoms with Crippen LogP contribution in [0.2, 0.25) is 5.02 Å². The molecule has 3 heteroatoms. The van der Waals surface area contributed by atoms with Crippen LogP contribution in [0.4, 0.5) is 4.39 Å². The smallest absolute Gasteiger partial charge is 0.123 e. The van der Waals surface area contributed by atoms with Gasteiger partial charge in [-0.2, -0.15) is 0 Å². The molecule has 1 aliphatic carbocycles. The van der Waals surface area contributed by atoms with Crippen LogP contribution in [-0.2, 0) is 6.42 Å². The fourth-order valence-corrected chi connectivity index (χ4v) is 3.51. The fourth-order valence-electron chi connectivity index (χ4n) is 3.32. The average Bonchev–Trinajstić information content (AvgIpc) is 2.44. The first-order chi connectivity index (χ1) is 9.69. The third-order valence-corrected chi connectivity index (χ3v) is 4.68. The van der Waals surface area contributed by atoms with Gasteiger partial charge in [0.1, 0.15) is 5.82 Å². The predicted octanol–water partition coefficient (Wildman–Crippen LogP) is 4.97. The summed E-state index contributed by atoms with van der Waals surface area (Å²) >= 11 is 6.19. The van der Waals surface area contributed by atoms with E-state index in [1.54, 1.807) is 12.1 Å². The first-order valence-corrected chi connectivity index (χ1v) is 8.24. The Morgan fingerprint density at radius 1 is 1.30 bits per heavy atom. The number of nitrogens with one attached hydrogen (secondary N) is 1. The van der Waals surface area contributed by atoms with Gasteiger partial charge >= 0.3 is 0 Å². The first-order valence-electron chi connectivity index (χ1n) is 7.86. The maximum absolute atomic E-state index is 13.4. The van der Waals surface area contributed by atoms with Crippen LogP contribution in [0.25, 0.3) is 0 Å². The third kappa shape index (κ3) is 4.75. The third-order valence-electron chi connectivity index (χ3n) is 4.31. The minimum atomic E-state index is -0.197. The summed E-state index contributed by atoms with van der Waals surface area (Å²) in [5, 5.41) is 4.22. The Labute approximate surface area is 126 Å². The molecule has 1 aromatic rings. The van der Waals surface area contributed by atoms with E-state index in [2.05, 4.69) is 12.2 Å². The van der Waals surface area contributed by atoms with Crippen molar-refractivity contribution in [3.8, 4) is 0 Å². The van der Waals surface area contributed by atoms with Crippen molar-refractivity contribution in [3.05, 3.63) is 34.6 Å². The Kier molecular flexibility index (Phi) is 6.31. The SMILES string of the molecule is CCNC(Cc1cc(F)ccc1Cl)CC1CCCCC1. The maximum Gasteiger partial charge on any atom is 0.123 e. The Hall–Kier alpha value is -0.600. The van der Waals surface area contributed by atoms with Gasteiger partial charge in [0.25, 0.3) is 0 Å². The Balaban J connectivity index is 1.98. The number of halogens is 2. The summed E-state index contributed by atoms with van der Waals surface area (Å²) in [5.74, 6) is 0.623. The lowest BCUT2D eigenvalue weighted by Crippen LogP contribution is -2.33. The Bertz CT molecular complexity index is 415. The van der Waals surface area contributed by atoms with E-state index in [1.165, 1.54) is 44.6 Å². The van der Waals surface area contributed by atoms with E-state index in [-0.39, 0.29) is 5.82 Å². The summed E-state index contributed by atoms with van der Waals surface area (Å²) in [4.78, 5) is 0. The van der Waals surface area contributed by atoms with Crippen LogP contribution < -0.4 is 5.32 Å². The summed E-state index contributed by atoms with van der Waals surface area (Å²) in [5.41, 5.74) is 0.924. The minimum Gasteiger partial charge on any atom is -0.314 e. The normalized spacial score (nSPS) is 18.1. The van der Waals surface area contributed by atoms with Gasteiger partial charge in [-0.3, -0.25) is 0 Å². The molecule has 1 fully saturated rings. The highest BCUT2D eigenvalue weighted by Crippen LogP contribution is 2.29.